The molecule has 8 heteroatoms. The highest BCUT2D eigenvalue weighted by Gasteiger charge is 2.21. The molecule has 0 heterocycles. The number of hydrogen-bond donors (Lipinski definition) is 2. The number of aliphatic carboxylic acids is 1. The van der Waals surface area contributed by atoms with Crippen LogP contribution in [0.25, 0.3) is 0 Å². The molecular weight excluding hydrogens is 298 g/mol. The molecule has 0 spiro atoms. The molecule has 1 aromatic carbocycles. The molecule has 7 nitrogen and oxygen atoms in total. The van der Waals surface area contributed by atoms with Crippen molar-refractivity contribution in [3.05, 3.63) is 29.8 Å². The Hall–Kier alpha value is -1.93. The third-order valence-electron chi connectivity index (χ3n) is 2.74. The van der Waals surface area contributed by atoms with E-state index in [1.165, 1.54) is 31.4 Å². The molecule has 0 aliphatic carbocycles. The number of carbonyl (C=O) groups is 2. The summed E-state index contributed by atoms with van der Waals surface area (Å²) in [5, 5.41) is 11.3. The molecule has 0 bridgehead atoms. The topological polar surface area (TPSA) is 110 Å². The van der Waals surface area contributed by atoms with Crippen LogP contribution in [0, 0.1) is 0 Å². The van der Waals surface area contributed by atoms with Crippen LogP contribution in [0.3, 0.4) is 0 Å². The fraction of sp³-hybridized carbons (Fsp3) is 0.385. The van der Waals surface area contributed by atoms with Crippen LogP contribution in [0.5, 0.6) is 0 Å². The monoisotopic (exact) mass is 315 g/mol. The molecule has 2 N–H and O–H groups in total. The molecule has 1 rings (SSSR count). The van der Waals surface area contributed by atoms with Crippen molar-refractivity contribution in [2.75, 3.05) is 20.0 Å². The smallest absolute Gasteiger partial charge is 0.326 e. The van der Waals surface area contributed by atoms with Crippen molar-refractivity contribution in [1.82, 2.24) is 5.32 Å². The summed E-state index contributed by atoms with van der Waals surface area (Å²) < 4.78 is 27.7. The Morgan fingerprint density at radius 1 is 1.38 bits per heavy atom. The van der Waals surface area contributed by atoms with Gasteiger partial charge < -0.3 is 15.2 Å². The molecule has 0 aromatic heterocycles. The van der Waals surface area contributed by atoms with Gasteiger partial charge in [-0.2, -0.15) is 0 Å². The number of hydrogen-bond acceptors (Lipinski definition) is 5. The Bertz CT molecular complexity index is 625. The van der Waals surface area contributed by atoms with E-state index in [9.17, 15) is 18.0 Å². The van der Waals surface area contributed by atoms with Crippen LogP contribution in [-0.4, -0.2) is 51.4 Å². The molecule has 1 unspecified atom stereocenters. The number of benzene rings is 1. The Balaban J connectivity index is 2.90. The van der Waals surface area contributed by atoms with Gasteiger partial charge in [-0.3, -0.25) is 4.79 Å². The highest BCUT2D eigenvalue weighted by atomic mass is 32.2. The van der Waals surface area contributed by atoms with Crippen LogP contribution < -0.4 is 5.32 Å². The lowest BCUT2D eigenvalue weighted by Gasteiger charge is -2.14. The van der Waals surface area contributed by atoms with E-state index < -0.39 is 27.8 Å². The lowest BCUT2D eigenvalue weighted by Crippen LogP contribution is -2.41. The second-order valence-electron chi connectivity index (χ2n) is 4.45. The summed E-state index contributed by atoms with van der Waals surface area (Å²) in [6.07, 6.45) is 1.14. The SMILES string of the molecule is COCCC(NC(=O)c1cccc(S(C)(=O)=O)c1)C(=O)O. The zero-order chi connectivity index (χ0) is 16.0. The van der Waals surface area contributed by atoms with Crippen molar-refractivity contribution in [3.63, 3.8) is 0 Å². The highest BCUT2D eigenvalue weighted by molar-refractivity contribution is 7.90. The molecule has 21 heavy (non-hydrogen) atoms. The Labute approximate surface area is 122 Å². The molecule has 1 aromatic rings. The first-order valence-electron chi connectivity index (χ1n) is 6.08. The minimum Gasteiger partial charge on any atom is -0.480 e. The number of rotatable bonds is 7. The van der Waals surface area contributed by atoms with E-state index in [-0.39, 0.29) is 23.5 Å². The fourth-order valence-electron chi connectivity index (χ4n) is 1.60. The van der Waals surface area contributed by atoms with Crippen LogP contribution in [-0.2, 0) is 19.4 Å². The quantitative estimate of drug-likeness (QED) is 0.749. The van der Waals surface area contributed by atoms with Crippen LogP contribution >= 0.6 is 0 Å². The molecule has 0 saturated carbocycles. The maximum absolute atomic E-state index is 12.0. The number of ether oxygens (including phenoxy) is 1. The first-order valence-corrected chi connectivity index (χ1v) is 7.97. The van der Waals surface area contributed by atoms with Crippen molar-refractivity contribution in [1.29, 1.82) is 0 Å². The number of carbonyl (C=O) groups excluding carboxylic acids is 1. The molecule has 0 aliphatic heterocycles. The first kappa shape index (κ1) is 17.1. The molecule has 0 saturated heterocycles. The minimum atomic E-state index is -3.43. The fourth-order valence-corrected chi connectivity index (χ4v) is 2.27. The average molecular weight is 315 g/mol. The molecule has 0 aliphatic rings. The maximum Gasteiger partial charge on any atom is 0.326 e. The van der Waals surface area contributed by atoms with E-state index in [4.69, 9.17) is 9.84 Å². The van der Waals surface area contributed by atoms with Gasteiger partial charge in [-0.15, -0.1) is 0 Å². The number of methoxy groups -OCH3 is 1. The number of carboxylic acid groups (broad SMARTS) is 1. The lowest BCUT2D eigenvalue weighted by atomic mass is 10.1. The Kier molecular flexibility index (Phi) is 5.86. The van der Waals surface area contributed by atoms with Gasteiger partial charge in [0.25, 0.3) is 5.91 Å². The van der Waals surface area contributed by atoms with E-state index in [2.05, 4.69) is 5.32 Å². The lowest BCUT2D eigenvalue weighted by molar-refractivity contribution is -0.139. The number of amides is 1. The number of sulfone groups is 1. The second-order valence-corrected chi connectivity index (χ2v) is 6.46. The highest BCUT2D eigenvalue weighted by Crippen LogP contribution is 2.11. The summed E-state index contributed by atoms with van der Waals surface area (Å²) in [7, 11) is -2.01. The summed E-state index contributed by atoms with van der Waals surface area (Å²) in [5.74, 6) is -1.83. The summed E-state index contributed by atoms with van der Waals surface area (Å²) in [5.41, 5.74) is 0.0848. The van der Waals surface area contributed by atoms with Gasteiger partial charge in [0.15, 0.2) is 9.84 Å². The van der Waals surface area contributed by atoms with E-state index in [0.29, 0.717) is 0 Å². The van der Waals surface area contributed by atoms with Gasteiger partial charge in [0.1, 0.15) is 6.04 Å². The van der Waals surface area contributed by atoms with Crippen molar-refractivity contribution in [2.45, 2.75) is 17.4 Å². The standard InChI is InChI=1S/C13H17NO6S/c1-20-7-6-11(13(16)17)14-12(15)9-4-3-5-10(8-9)21(2,18)19/h3-5,8,11H,6-7H2,1-2H3,(H,14,15)(H,16,17). The van der Waals surface area contributed by atoms with E-state index >= 15 is 0 Å². The Morgan fingerprint density at radius 2 is 2.05 bits per heavy atom. The van der Waals surface area contributed by atoms with E-state index in [0.717, 1.165) is 6.26 Å². The van der Waals surface area contributed by atoms with E-state index in [1.54, 1.807) is 0 Å². The summed E-state index contributed by atoms with van der Waals surface area (Å²) >= 11 is 0. The van der Waals surface area contributed by atoms with Gasteiger partial charge in [0, 0.05) is 32.0 Å². The molecular formula is C13H17NO6S. The predicted octanol–water partition coefficient (Wildman–Crippen LogP) is 0.310. The maximum atomic E-state index is 12.0. The van der Waals surface area contributed by atoms with Gasteiger partial charge in [-0.25, -0.2) is 13.2 Å². The van der Waals surface area contributed by atoms with Gasteiger partial charge in [-0.1, -0.05) is 6.07 Å². The largest absolute Gasteiger partial charge is 0.480 e. The van der Waals surface area contributed by atoms with Crippen LogP contribution in [0.1, 0.15) is 16.8 Å². The molecule has 1 amide bonds. The van der Waals surface area contributed by atoms with Gasteiger partial charge in [0.05, 0.1) is 4.90 Å². The van der Waals surface area contributed by atoms with Crippen molar-refractivity contribution in [2.24, 2.45) is 0 Å². The third-order valence-corrected chi connectivity index (χ3v) is 3.85. The van der Waals surface area contributed by atoms with Crippen LogP contribution in [0.15, 0.2) is 29.2 Å². The first-order chi connectivity index (χ1) is 9.75. The number of nitrogens with one attached hydrogen (secondary N) is 1. The molecule has 0 fully saturated rings. The summed E-state index contributed by atoms with van der Waals surface area (Å²) in [4.78, 5) is 23.0. The van der Waals surface area contributed by atoms with Gasteiger partial charge in [-0.05, 0) is 18.2 Å². The zero-order valence-corrected chi connectivity index (χ0v) is 12.5. The van der Waals surface area contributed by atoms with Gasteiger partial charge >= 0.3 is 5.97 Å². The third kappa shape index (κ3) is 5.16. The predicted molar refractivity (Wildman–Crippen MR) is 74.9 cm³/mol. The summed E-state index contributed by atoms with van der Waals surface area (Å²) in [6.45, 7) is 0.181. The van der Waals surface area contributed by atoms with Crippen LogP contribution in [0.4, 0.5) is 0 Å². The molecule has 1 atom stereocenters. The van der Waals surface area contributed by atoms with Crippen molar-refractivity contribution >= 4 is 21.7 Å². The minimum absolute atomic E-state index is 0.00100. The second kappa shape index (κ2) is 7.19. The summed E-state index contributed by atoms with van der Waals surface area (Å²) in [6, 6.07) is 4.32. The molecule has 116 valence electrons. The van der Waals surface area contributed by atoms with Gasteiger partial charge in [0.2, 0.25) is 0 Å². The van der Waals surface area contributed by atoms with Crippen molar-refractivity contribution in [3.8, 4) is 0 Å². The molecule has 0 radical (unpaired) electrons. The zero-order valence-electron chi connectivity index (χ0n) is 11.7. The van der Waals surface area contributed by atoms with Crippen LogP contribution in [0.2, 0.25) is 0 Å². The average Bonchev–Trinajstić information content (AvgIpc) is 2.42. The Morgan fingerprint density at radius 3 is 2.57 bits per heavy atom. The normalized spacial score (nSPS) is 12.7. The van der Waals surface area contributed by atoms with E-state index in [1.807, 2.05) is 0 Å². The van der Waals surface area contributed by atoms with Crippen molar-refractivity contribution < 1.29 is 27.9 Å². The number of carboxylic acids is 1.